The molecule has 0 fully saturated rings. The lowest BCUT2D eigenvalue weighted by Crippen LogP contribution is -2.10. The van der Waals surface area contributed by atoms with Crippen LogP contribution in [0, 0.1) is 0 Å². The summed E-state index contributed by atoms with van der Waals surface area (Å²) in [6, 6.07) is 51.7. The fraction of sp³-hybridized carbons (Fsp3) is 0.0769. The zero-order valence-electron chi connectivity index (χ0n) is 25.7. The second-order valence-corrected chi connectivity index (χ2v) is 10.6. The van der Waals surface area contributed by atoms with E-state index in [4.69, 9.17) is 15.0 Å². The molecule has 7 nitrogen and oxygen atoms in total. The monoisotopic (exact) mass is 603 g/mol. The Balaban J connectivity index is 1.30. The van der Waals surface area contributed by atoms with E-state index >= 15 is 0 Å². The largest absolute Gasteiger partial charge is 0.497 e. The molecular weight excluding hydrogens is 570 g/mol. The van der Waals surface area contributed by atoms with Crippen LogP contribution in [0.15, 0.2) is 157 Å². The third-order valence-corrected chi connectivity index (χ3v) is 7.77. The average Bonchev–Trinajstić information content (AvgIpc) is 3.13. The zero-order valence-corrected chi connectivity index (χ0v) is 25.7. The van der Waals surface area contributed by atoms with Crippen LogP contribution in [-0.4, -0.2) is 14.2 Å². The van der Waals surface area contributed by atoms with Crippen LogP contribution in [0.2, 0.25) is 0 Å². The van der Waals surface area contributed by atoms with E-state index in [9.17, 15) is 0 Å². The molecule has 0 amide bonds. The highest BCUT2D eigenvalue weighted by molar-refractivity contribution is 5.81. The molecule has 0 heterocycles. The van der Waals surface area contributed by atoms with E-state index in [1.807, 2.05) is 66.7 Å². The number of anilines is 6. The van der Waals surface area contributed by atoms with Crippen LogP contribution in [-0.2, 0) is 6.54 Å². The van der Waals surface area contributed by atoms with Crippen molar-refractivity contribution in [3.8, 4) is 22.6 Å². The highest BCUT2D eigenvalue weighted by Gasteiger charge is 2.15. The number of methoxy groups -OCH3 is 2. The van der Waals surface area contributed by atoms with Gasteiger partial charge in [0.05, 0.1) is 20.8 Å². The molecule has 0 aliphatic heterocycles. The topological polar surface area (TPSA) is 73.7 Å². The third-order valence-electron chi connectivity index (χ3n) is 7.77. The molecule has 0 unspecified atom stereocenters. The van der Waals surface area contributed by atoms with Crippen LogP contribution in [0.3, 0.4) is 0 Å². The first-order chi connectivity index (χ1) is 22.7. The molecule has 0 aliphatic rings. The Labute approximate surface area is 269 Å². The van der Waals surface area contributed by atoms with Crippen molar-refractivity contribution in [1.29, 1.82) is 0 Å². The Morgan fingerprint density at radius 3 is 1.20 bits per heavy atom. The molecule has 0 aliphatic carbocycles. The summed E-state index contributed by atoms with van der Waals surface area (Å²) in [5.41, 5.74) is 18.1. The molecule has 226 valence electrons. The van der Waals surface area contributed by atoms with Gasteiger partial charge in [-0.05, 0) is 119 Å². The van der Waals surface area contributed by atoms with E-state index < -0.39 is 0 Å². The molecular formula is C39H33N5O2. The van der Waals surface area contributed by atoms with Crippen molar-refractivity contribution < 1.29 is 9.47 Å². The third kappa shape index (κ3) is 6.65. The van der Waals surface area contributed by atoms with E-state index in [1.165, 1.54) is 0 Å². The van der Waals surface area contributed by atoms with Crippen LogP contribution in [0.25, 0.3) is 21.6 Å². The number of hydrogen-bond acceptors (Lipinski definition) is 5. The second kappa shape index (κ2) is 14.1. The van der Waals surface area contributed by atoms with Gasteiger partial charge in [0.15, 0.2) is 0 Å². The number of ether oxygens (including phenoxy) is 2. The summed E-state index contributed by atoms with van der Waals surface area (Å²) < 4.78 is 10.8. The maximum atomic E-state index is 8.70. The summed E-state index contributed by atoms with van der Waals surface area (Å²) in [5.74, 6) is 1.62. The van der Waals surface area contributed by atoms with Crippen LogP contribution in [0.5, 0.6) is 11.5 Å². The molecule has 0 saturated heterocycles. The van der Waals surface area contributed by atoms with E-state index in [0.29, 0.717) is 6.54 Å². The van der Waals surface area contributed by atoms with E-state index in [1.54, 1.807) is 14.2 Å². The fourth-order valence-corrected chi connectivity index (χ4v) is 5.40. The van der Waals surface area contributed by atoms with Crippen molar-refractivity contribution in [3.05, 3.63) is 168 Å². The molecule has 0 spiro atoms. The van der Waals surface area contributed by atoms with Gasteiger partial charge in [-0.25, -0.2) is 0 Å². The van der Waals surface area contributed by atoms with Crippen LogP contribution in [0.4, 0.5) is 34.1 Å². The molecule has 7 heteroatoms. The normalized spacial score (nSPS) is 10.5. The lowest BCUT2D eigenvalue weighted by Gasteiger charge is -2.26. The van der Waals surface area contributed by atoms with Crippen LogP contribution >= 0.6 is 0 Å². The van der Waals surface area contributed by atoms with Crippen LogP contribution < -0.4 is 19.3 Å². The molecule has 0 radical (unpaired) electrons. The summed E-state index contributed by atoms with van der Waals surface area (Å²) in [7, 11) is 3.34. The van der Waals surface area contributed by atoms with Gasteiger partial charge in [0, 0.05) is 39.0 Å². The molecule has 6 rings (SSSR count). The van der Waals surface area contributed by atoms with E-state index in [0.717, 1.165) is 62.3 Å². The van der Waals surface area contributed by atoms with Crippen LogP contribution in [0.1, 0.15) is 5.56 Å². The standard InChI is InChI=1S/C39H33N5O2/c1-45-38-24-20-36(21-25-38)43(32-6-4-3-5-7-32)34-16-10-30(11-17-34)31-12-18-35(19-13-31)44(37-22-26-39(46-2)27-23-37)33-14-8-29(9-15-33)28-41-42-40/h3-27H,28H2,1-2H3. The van der Waals surface area contributed by atoms with Gasteiger partial charge >= 0.3 is 0 Å². The maximum absolute atomic E-state index is 8.70. The summed E-state index contributed by atoms with van der Waals surface area (Å²) in [6.07, 6.45) is 0. The quantitative estimate of drug-likeness (QED) is 0.0839. The molecule has 46 heavy (non-hydrogen) atoms. The summed E-state index contributed by atoms with van der Waals surface area (Å²) in [5, 5.41) is 3.69. The Morgan fingerprint density at radius 1 is 0.478 bits per heavy atom. The first-order valence-corrected chi connectivity index (χ1v) is 14.9. The minimum Gasteiger partial charge on any atom is -0.497 e. The highest BCUT2D eigenvalue weighted by atomic mass is 16.5. The summed E-state index contributed by atoms with van der Waals surface area (Å²) >= 11 is 0. The van der Waals surface area contributed by atoms with Crippen molar-refractivity contribution in [2.45, 2.75) is 6.54 Å². The number of hydrogen-bond donors (Lipinski definition) is 0. The number of nitrogens with zero attached hydrogens (tertiary/aromatic N) is 5. The fourth-order valence-electron chi connectivity index (χ4n) is 5.40. The summed E-state index contributed by atoms with van der Waals surface area (Å²) in [4.78, 5) is 7.30. The Kier molecular flexibility index (Phi) is 9.14. The predicted molar refractivity (Wildman–Crippen MR) is 187 cm³/mol. The second-order valence-electron chi connectivity index (χ2n) is 10.6. The molecule has 0 bridgehead atoms. The van der Waals surface area contributed by atoms with Gasteiger partial charge in [-0.1, -0.05) is 59.7 Å². The van der Waals surface area contributed by atoms with Gasteiger partial charge in [0.25, 0.3) is 0 Å². The molecule has 0 atom stereocenters. The Morgan fingerprint density at radius 2 is 0.826 bits per heavy atom. The number of rotatable bonds is 11. The number of para-hydroxylation sites is 1. The Bertz CT molecular complexity index is 1900. The smallest absolute Gasteiger partial charge is 0.119 e. The summed E-state index contributed by atoms with van der Waals surface area (Å²) in [6.45, 7) is 0.315. The Hall–Kier alpha value is -6.17. The predicted octanol–water partition coefficient (Wildman–Crippen LogP) is 11.1. The van der Waals surface area contributed by atoms with E-state index in [-0.39, 0.29) is 0 Å². The van der Waals surface area contributed by atoms with Crippen molar-refractivity contribution in [3.63, 3.8) is 0 Å². The maximum Gasteiger partial charge on any atom is 0.119 e. The van der Waals surface area contributed by atoms with E-state index in [2.05, 4.69) is 105 Å². The highest BCUT2D eigenvalue weighted by Crippen LogP contribution is 2.38. The molecule has 0 saturated carbocycles. The van der Waals surface area contributed by atoms with Crippen molar-refractivity contribution in [1.82, 2.24) is 0 Å². The first-order valence-electron chi connectivity index (χ1n) is 14.9. The zero-order chi connectivity index (χ0) is 31.7. The van der Waals surface area contributed by atoms with Gasteiger partial charge in [0.2, 0.25) is 0 Å². The van der Waals surface area contributed by atoms with Crippen molar-refractivity contribution in [2.75, 3.05) is 24.0 Å². The lowest BCUT2D eigenvalue weighted by molar-refractivity contribution is 0.414. The minimum absolute atomic E-state index is 0.315. The SMILES string of the molecule is COc1ccc(N(c2ccccc2)c2ccc(-c3ccc(N(c4ccc(CN=[N+]=[N-])cc4)c4ccc(OC)cc4)cc3)cc2)cc1. The van der Waals surface area contributed by atoms with Crippen molar-refractivity contribution >= 4 is 34.1 Å². The first kappa shape index (κ1) is 29.9. The van der Waals surface area contributed by atoms with Gasteiger partial charge in [-0.2, -0.15) is 0 Å². The average molecular weight is 604 g/mol. The molecule has 6 aromatic rings. The molecule has 0 N–H and O–H groups in total. The van der Waals surface area contributed by atoms with Crippen molar-refractivity contribution in [2.24, 2.45) is 5.11 Å². The van der Waals surface area contributed by atoms with Gasteiger partial charge in [-0.15, -0.1) is 0 Å². The van der Waals surface area contributed by atoms with Gasteiger partial charge in [0.1, 0.15) is 11.5 Å². The number of benzene rings is 6. The number of azide groups is 1. The van der Waals surface area contributed by atoms with Gasteiger partial charge in [-0.3, -0.25) is 0 Å². The molecule has 0 aromatic heterocycles. The molecule has 6 aromatic carbocycles. The minimum atomic E-state index is 0.315. The lowest BCUT2D eigenvalue weighted by atomic mass is 10.0. The van der Waals surface area contributed by atoms with Gasteiger partial charge < -0.3 is 19.3 Å².